The van der Waals surface area contributed by atoms with Gasteiger partial charge >= 0.3 is 18.3 Å². The number of amides is 1. The van der Waals surface area contributed by atoms with Gasteiger partial charge in [-0.15, -0.1) is 0 Å². The first-order valence-corrected chi connectivity index (χ1v) is 8.60. The van der Waals surface area contributed by atoms with Crippen LogP contribution in [0.1, 0.15) is 11.4 Å². The highest BCUT2D eigenvalue weighted by Crippen LogP contribution is 2.32. The van der Waals surface area contributed by atoms with Crippen LogP contribution in [-0.4, -0.2) is 28.0 Å². The van der Waals surface area contributed by atoms with Crippen molar-refractivity contribution in [1.29, 1.82) is 0 Å². The quantitative estimate of drug-likeness (QED) is 0.471. The lowest BCUT2D eigenvalue weighted by Gasteiger charge is -2.12. The second-order valence-corrected chi connectivity index (χ2v) is 6.30. The lowest BCUT2D eigenvalue weighted by Crippen LogP contribution is -2.25. The summed E-state index contributed by atoms with van der Waals surface area (Å²) in [5.74, 6) is -3.42. The molecule has 0 bridgehead atoms. The van der Waals surface area contributed by atoms with Gasteiger partial charge in [0.15, 0.2) is 6.61 Å². The number of aromatic nitrogens is 2. The summed E-state index contributed by atoms with van der Waals surface area (Å²) in [5, 5.41) is 2.12. The number of imidazole rings is 1. The van der Waals surface area contributed by atoms with Gasteiger partial charge in [-0.05, 0) is 30.3 Å². The summed E-state index contributed by atoms with van der Waals surface area (Å²) >= 11 is 0. The van der Waals surface area contributed by atoms with Crippen molar-refractivity contribution in [2.24, 2.45) is 0 Å². The number of hydrogen-bond donors (Lipinski definition) is 1. The first-order valence-electron chi connectivity index (χ1n) is 8.60. The largest absolute Gasteiger partial charge is 0.454 e. The molecule has 0 spiro atoms. The van der Waals surface area contributed by atoms with Crippen molar-refractivity contribution in [3.63, 3.8) is 0 Å². The van der Waals surface area contributed by atoms with Crippen LogP contribution < -0.4 is 5.32 Å². The van der Waals surface area contributed by atoms with Gasteiger partial charge in [0.05, 0.1) is 16.6 Å². The highest BCUT2D eigenvalue weighted by atomic mass is 19.4. The smallest absolute Gasteiger partial charge is 0.449 e. The summed E-state index contributed by atoms with van der Waals surface area (Å²) < 4.78 is 83.1. The molecule has 31 heavy (non-hydrogen) atoms. The SMILES string of the molecule is O=C(COC(=O)Cn1c(C(F)(F)F)nc2ccccc21)Nc1cccc(C(F)(F)F)c1. The molecular formula is C19H13F6N3O3. The Labute approximate surface area is 170 Å². The summed E-state index contributed by atoms with van der Waals surface area (Å²) in [4.78, 5) is 27.3. The zero-order chi connectivity index (χ0) is 22.8. The zero-order valence-corrected chi connectivity index (χ0v) is 15.4. The van der Waals surface area contributed by atoms with E-state index in [4.69, 9.17) is 0 Å². The first kappa shape index (κ1) is 22.1. The first-order chi connectivity index (χ1) is 14.4. The van der Waals surface area contributed by atoms with E-state index < -0.39 is 48.8 Å². The Bertz CT molecular complexity index is 1120. The lowest BCUT2D eigenvalue weighted by atomic mass is 10.2. The molecule has 1 heterocycles. The lowest BCUT2D eigenvalue weighted by molar-refractivity contribution is -0.152. The molecule has 0 atom stereocenters. The predicted octanol–water partition coefficient (Wildman–Crippen LogP) is 4.26. The number of rotatable bonds is 5. The Morgan fingerprint density at radius 1 is 0.968 bits per heavy atom. The number of anilines is 1. The molecule has 12 heteroatoms. The third kappa shape index (κ3) is 5.32. The van der Waals surface area contributed by atoms with Crippen molar-refractivity contribution in [1.82, 2.24) is 9.55 Å². The number of nitrogens with one attached hydrogen (secondary N) is 1. The maximum absolute atomic E-state index is 13.2. The number of nitrogens with zero attached hydrogens (tertiary/aromatic N) is 2. The molecule has 0 saturated carbocycles. The van der Waals surface area contributed by atoms with Crippen LogP contribution in [0.3, 0.4) is 0 Å². The standard InChI is InChI=1S/C19H13F6N3O3/c20-18(21,22)11-4-3-5-12(8-11)26-15(29)10-31-16(30)9-28-14-7-2-1-6-13(14)27-17(28)19(23,24)25/h1-8H,9-10H2,(H,26,29). The molecule has 0 radical (unpaired) electrons. The van der Waals surface area contributed by atoms with Gasteiger partial charge in [0.2, 0.25) is 5.82 Å². The highest BCUT2D eigenvalue weighted by Gasteiger charge is 2.38. The molecule has 3 rings (SSSR count). The van der Waals surface area contributed by atoms with Crippen LogP contribution in [0.2, 0.25) is 0 Å². The van der Waals surface area contributed by atoms with Gasteiger partial charge in [0.25, 0.3) is 5.91 Å². The number of esters is 1. The zero-order valence-electron chi connectivity index (χ0n) is 15.4. The van der Waals surface area contributed by atoms with Gasteiger partial charge in [-0.3, -0.25) is 9.59 Å². The molecule has 0 saturated heterocycles. The summed E-state index contributed by atoms with van der Waals surface area (Å²) in [6.45, 7) is -1.77. The van der Waals surface area contributed by atoms with Crippen molar-refractivity contribution in [3.8, 4) is 0 Å². The molecule has 2 aromatic carbocycles. The number of ether oxygens (including phenoxy) is 1. The minimum atomic E-state index is -4.83. The summed E-state index contributed by atoms with van der Waals surface area (Å²) in [6, 6.07) is 9.40. The fraction of sp³-hybridized carbons (Fsp3) is 0.211. The molecule has 0 unspecified atom stereocenters. The Morgan fingerprint density at radius 2 is 1.68 bits per heavy atom. The van der Waals surface area contributed by atoms with Gasteiger partial charge in [-0.25, -0.2) is 4.98 Å². The summed E-state index contributed by atoms with van der Waals surface area (Å²) in [5.41, 5.74) is -1.12. The van der Waals surface area contributed by atoms with Crippen molar-refractivity contribution in [2.45, 2.75) is 18.9 Å². The van der Waals surface area contributed by atoms with Gasteiger partial charge in [0.1, 0.15) is 6.54 Å². The van der Waals surface area contributed by atoms with Crippen LogP contribution in [0, 0.1) is 0 Å². The van der Waals surface area contributed by atoms with Crippen LogP contribution in [-0.2, 0) is 33.2 Å². The molecule has 1 N–H and O–H groups in total. The van der Waals surface area contributed by atoms with Crippen molar-refractivity contribution >= 4 is 28.6 Å². The van der Waals surface area contributed by atoms with Crippen molar-refractivity contribution < 1.29 is 40.7 Å². The Balaban J connectivity index is 1.65. The van der Waals surface area contributed by atoms with E-state index in [0.717, 1.165) is 12.1 Å². The maximum Gasteiger partial charge on any atom is 0.449 e. The van der Waals surface area contributed by atoms with E-state index in [1.54, 1.807) is 0 Å². The monoisotopic (exact) mass is 445 g/mol. The molecule has 0 aliphatic rings. The Hall–Kier alpha value is -3.57. The van der Waals surface area contributed by atoms with Gasteiger partial charge in [-0.2, -0.15) is 26.3 Å². The second kappa shape index (κ2) is 8.28. The fourth-order valence-electron chi connectivity index (χ4n) is 2.74. The maximum atomic E-state index is 13.2. The molecule has 164 valence electrons. The molecule has 1 amide bonds. The van der Waals surface area contributed by atoms with Crippen molar-refractivity contribution in [3.05, 3.63) is 59.9 Å². The average molecular weight is 445 g/mol. The molecule has 0 fully saturated rings. The van der Waals surface area contributed by atoms with E-state index in [-0.39, 0.29) is 16.7 Å². The van der Waals surface area contributed by atoms with Crippen LogP contribution in [0.5, 0.6) is 0 Å². The minimum Gasteiger partial charge on any atom is -0.454 e. The molecule has 6 nitrogen and oxygen atoms in total. The summed E-state index contributed by atoms with van der Waals surface area (Å²) in [6.07, 6.45) is -9.45. The molecular weight excluding hydrogens is 432 g/mol. The molecule has 3 aromatic rings. The van der Waals surface area contributed by atoms with E-state index in [1.165, 1.54) is 30.3 Å². The molecule has 0 aliphatic carbocycles. The number of para-hydroxylation sites is 2. The second-order valence-electron chi connectivity index (χ2n) is 6.30. The number of carbonyl (C=O) groups excluding carboxylic acids is 2. The average Bonchev–Trinajstić information content (AvgIpc) is 3.05. The molecule has 1 aromatic heterocycles. The minimum absolute atomic E-state index is 0.0184. The van der Waals surface area contributed by atoms with Gasteiger partial charge in [-0.1, -0.05) is 18.2 Å². The van der Waals surface area contributed by atoms with Gasteiger partial charge < -0.3 is 14.6 Å². The van der Waals surface area contributed by atoms with E-state index in [1.807, 2.05) is 0 Å². The van der Waals surface area contributed by atoms with E-state index in [2.05, 4.69) is 15.0 Å². The fourth-order valence-corrected chi connectivity index (χ4v) is 2.74. The van der Waals surface area contributed by atoms with Crippen LogP contribution in [0.25, 0.3) is 11.0 Å². The number of benzene rings is 2. The number of halogens is 6. The highest BCUT2D eigenvalue weighted by molar-refractivity contribution is 5.93. The summed E-state index contributed by atoms with van der Waals surface area (Å²) in [7, 11) is 0. The van der Waals surface area contributed by atoms with Crippen molar-refractivity contribution in [2.75, 3.05) is 11.9 Å². The van der Waals surface area contributed by atoms with E-state index in [0.29, 0.717) is 10.6 Å². The third-order valence-corrected chi connectivity index (χ3v) is 4.03. The number of carbonyl (C=O) groups is 2. The third-order valence-electron chi connectivity index (χ3n) is 4.03. The van der Waals surface area contributed by atoms with E-state index in [9.17, 15) is 35.9 Å². The van der Waals surface area contributed by atoms with Gasteiger partial charge in [0, 0.05) is 5.69 Å². The topological polar surface area (TPSA) is 73.2 Å². The van der Waals surface area contributed by atoms with Crippen LogP contribution in [0.4, 0.5) is 32.0 Å². The van der Waals surface area contributed by atoms with E-state index >= 15 is 0 Å². The van der Waals surface area contributed by atoms with Crippen LogP contribution in [0.15, 0.2) is 48.5 Å². The number of alkyl halides is 6. The number of fused-ring (bicyclic) bond motifs is 1. The number of hydrogen-bond acceptors (Lipinski definition) is 4. The normalized spacial score (nSPS) is 12.1. The molecule has 0 aliphatic heterocycles. The Kier molecular flexibility index (Phi) is 5.91. The van der Waals surface area contributed by atoms with Crippen LogP contribution >= 0.6 is 0 Å². The predicted molar refractivity (Wildman–Crippen MR) is 95.8 cm³/mol. The Morgan fingerprint density at radius 3 is 2.35 bits per heavy atom.